The Labute approximate surface area is 160 Å². The second kappa shape index (κ2) is 7.73. The van der Waals surface area contributed by atoms with Gasteiger partial charge in [0.25, 0.3) is 5.91 Å². The summed E-state index contributed by atoms with van der Waals surface area (Å²) < 4.78 is 9.21. The van der Waals surface area contributed by atoms with Gasteiger partial charge in [-0.15, -0.1) is 11.3 Å². The van der Waals surface area contributed by atoms with Gasteiger partial charge in [0.2, 0.25) is 0 Å². The van der Waals surface area contributed by atoms with Crippen molar-refractivity contribution in [3.05, 3.63) is 64.9 Å². The molecule has 138 valence electrons. The predicted molar refractivity (Wildman–Crippen MR) is 105 cm³/mol. The second-order valence-electron chi connectivity index (χ2n) is 6.01. The van der Waals surface area contributed by atoms with Crippen LogP contribution in [0.25, 0.3) is 11.0 Å². The summed E-state index contributed by atoms with van der Waals surface area (Å²) in [6.45, 7) is 1.86. The molecule has 0 aliphatic carbocycles. The first-order valence-electron chi connectivity index (χ1n) is 8.55. The largest absolute Gasteiger partial charge is 0.383 e. The Balaban J connectivity index is 1.65. The third kappa shape index (κ3) is 3.76. The number of imidazole rings is 1. The van der Waals surface area contributed by atoms with Crippen LogP contribution < -0.4 is 5.32 Å². The SMILES string of the molecule is COCCn1c(Cn2cccn2)nc2cc(NC(=O)c3cccs3)ccc21. The van der Waals surface area contributed by atoms with Gasteiger partial charge in [0, 0.05) is 31.7 Å². The molecule has 0 bridgehead atoms. The first-order chi connectivity index (χ1) is 13.2. The Hall–Kier alpha value is -2.97. The molecule has 4 aromatic rings. The summed E-state index contributed by atoms with van der Waals surface area (Å²) in [7, 11) is 1.69. The zero-order valence-corrected chi connectivity index (χ0v) is 15.6. The number of fused-ring (bicyclic) bond motifs is 1. The van der Waals surface area contributed by atoms with Crippen molar-refractivity contribution < 1.29 is 9.53 Å². The molecule has 0 atom stereocenters. The molecule has 8 heteroatoms. The van der Waals surface area contributed by atoms with Crippen molar-refractivity contribution >= 4 is 34.0 Å². The van der Waals surface area contributed by atoms with Crippen molar-refractivity contribution in [1.82, 2.24) is 19.3 Å². The minimum atomic E-state index is -0.111. The molecule has 1 amide bonds. The zero-order valence-electron chi connectivity index (χ0n) is 14.8. The summed E-state index contributed by atoms with van der Waals surface area (Å²) >= 11 is 1.42. The third-order valence-electron chi connectivity index (χ3n) is 4.21. The van der Waals surface area contributed by atoms with Crippen molar-refractivity contribution in [2.24, 2.45) is 0 Å². The first kappa shape index (κ1) is 17.4. The van der Waals surface area contributed by atoms with Crippen molar-refractivity contribution in [3.63, 3.8) is 0 Å². The molecule has 0 aliphatic rings. The van der Waals surface area contributed by atoms with Crippen molar-refractivity contribution in [3.8, 4) is 0 Å². The lowest BCUT2D eigenvalue weighted by molar-refractivity contribution is 0.103. The van der Waals surface area contributed by atoms with Crippen LogP contribution in [-0.4, -0.2) is 39.0 Å². The van der Waals surface area contributed by atoms with Crippen LogP contribution in [0.4, 0.5) is 5.69 Å². The van der Waals surface area contributed by atoms with Gasteiger partial charge in [-0.2, -0.15) is 5.10 Å². The molecule has 1 aromatic carbocycles. The van der Waals surface area contributed by atoms with E-state index in [1.807, 2.05) is 46.6 Å². The van der Waals surface area contributed by atoms with Crippen LogP contribution in [0.5, 0.6) is 0 Å². The summed E-state index contributed by atoms with van der Waals surface area (Å²) in [5.41, 5.74) is 2.56. The number of amides is 1. The fraction of sp³-hybridized carbons (Fsp3) is 0.211. The van der Waals surface area contributed by atoms with E-state index in [1.165, 1.54) is 11.3 Å². The highest BCUT2D eigenvalue weighted by molar-refractivity contribution is 7.12. The lowest BCUT2D eigenvalue weighted by atomic mass is 10.2. The summed E-state index contributed by atoms with van der Waals surface area (Å²) in [6, 6.07) is 11.3. The van der Waals surface area contributed by atoms with Crippen LogP contribution in [0.3, 0.4) is 0 Å². The molecular formula is C19H19N5O2S. The van der Waals surface area contributed by atoms with E-state index in [0.717, 1.165) is 22.5 Å². The molecular weight excluding hydrogens is 362 g/mol. The number of ether oxygens (including phenoxy) is 1. The number of methoxy groups -OCH3 is 1. The van der Waals surface area contributed by atoms with E-state index in [1.54, 1.807) is 19.4 Å². The van der Waals surface area contributed by atoms with Gasteiger partial charge in [-0.1, -0.05) is 6.07 Å². The number of hydrogen-bond donors (Lipinski definition) is 1. The van der Waals surface area contributed by atoms with Gasteiger partial charge >= 0.3 is 0 Å². The Morgan fingerprint density at radius 1 is 1.30 bits per heavy atom. The minimum Gasteiger partial charge on any atom is -0.383 e. The van der Waals surface area contributed by atoms with Gasteiger partial charge in [0.15, 0.2) is 0 Å². The molecule has 0 unspecified atom stereocenters. The van der Waals surface area contributed by atoms with E-state index < -0.39 is 0 Å². The molecule has 1 N–H and O–H groups in total. The van der Waals surface area contributed by atoms with Gasteiger partial charge in [0.05, 0.1) is 29.1 Å². The summed E-state index contributed by atoms with van der Waals surface area (Å²) in [5.74, 6) is 0.785. The Morgan fingerprint density at radius 3 is 2.96 bits per heavy atom. The average Bonchev–Trinajstić information content (AvgIpc) is 3.41. The van der Waals surface area contributed by atoms with Gasteiger partial charge in [-0.25, -0.2) is 4.98 Å². The number of anilines is 1. The van der Waals surface area contributed by atoms with E-state index in [9.17, 15) is 4.79 Å². The smallest absolute Gasteiger partial charge is 0.265 e. The monoisotopic (exact) mass is 381 g/mol. The van der Waals surface area contributed by atoms with Crippen LogP contribution in [-0.2, 0) is 17.8 Å². The molecule has 4 rings (SSSR count). The molecule has 0 spiro atoms. The van der Waals surface area contributed by atoms with E-state index >= 15 is 0 Å². The van der Waals surface area contributed by atoms with Crippen LogP contribution in [0.15, 0.2) is 54.2 Å². The normalized spacial score (nSPS) is 11.1. The Bertz CT molecular complexity index is 1040. The maximum Gasteiger partial charge on any atom is 0.265 e. The van der Waals surface area contributed by atoms with Gasteiger partial charge in [-0.3, -0.25) is 9.48 Å². The van der Waals surface area contributed by atoms with E-state index in [4.69, 9.17) is 9.72 Å². The van der Waals surface area contributed by atoms with Crippen LogP contribution in [0.2, 0.25) is 0 Å². The predicted octanol–water partition coefficient (Wildman–Crippen LogP) is 3.24. The van der Waals surface area contributed by atoms with Crippen LogP contribution in [0.1, 0.15) is 15.5 Å². The molecule has 3 heterocycles. The standard InChI is InChI=1S/C19H19N5O2S/c1-26-10-9-24-16-6-5-14(21-19(25)17-4-2-11-27-17)12-15(16)22-18(24)13-23-8-3-7-20-23/h2-8,11-12H,9-10,13H2,1H3,(H,21,25). The highest BCUT2D eigenvalue weighted by atomic mass is 32.1. The van der Waals surface area contributed by atoms with Crippen molar-refractivity contribution in [2.45, 2.75) is 13.1 Å². The first-order valence-corrected chi connectivity index (χ1v) is 9.43. The quantitative estimate of drug-likeness (QED) is 0.533. The van der Waals surface area contributed by atoms with Crippen molar-refractivity contribution in [2.75, 3.05) is 19.0 Å². The maximum absolute atomic E-state index is 12.3. The highest BCUT2D eigenvalue weighted by Gasteiger charge is 2.13. The number of carbonyl (C=O) groups excluding carboxylic acids is 1. The van der Waals surface area contributed by atoms with Gasteiger partial charge in [0.1, 0.15) is 5.82 Å². The topological polar surface area (TPSA) is 74.0 Å². The molecule has 0 saturated carbocycles. The van der Waals surface area contributed by atoms with E-state index in [2.05, 4.69) is 15.0 Å². The van der Waals surface area contributed by atoms with E-state index in [0.29, 0.717) is 24.6 Å². The Kier molecular flexibility index (Phi) is 4.99. The molecule has 0 aliphatic heterocycles. The molecule has 3 aromatic heterocycles. The highest BCUT2D eigenvalue weighted by Crippen LogP contribution is 2.22. The molecule has 0 fully saturated rings. The molecule has 7 nitrogen and oxygen atoms in total. The summed E-state index contributed by atoms with van der Waals surface area (Å²) in [6.07, 6.45) is 3.66. The maximum atomic E-state index is 12.3. The number of nitrogens with one attached hydrogen (secondary N) is 1. The lowest BCUT2D eigenvalue weighted by Crippen LogP contribution is -2.12. The average molecular weight is 381 g/mol. The number of benzene rings is 1. The lowest BCUT2D eigenvalue weighted by Gasteiger charge is -2.09. The molecule has 0 saturated heterocycles. The Morgan fingerprint density at radius 2 is 2.22 bits per heavy atom. The molecule has 27 heavy (non-hydrogen) atoms. The fourth-order valence-corrected chi connectivity index (χ4v) is 3.57. The number of hydrogen-bond acceptors (Lipinski definition) is 5. The molecule has 0 radical (unpaired) electrons. The number of nitrogens with zero attached hydrogens (tertiary/aromatic N) is 4. The third-order valence-corrected chi connectivity index (χ3v) is 5.08. The number of thiophene rings is 1. The van der Waals surface area contributed by atoms with Gasteiger partial charge in [-0.05, 0) is 35.7 Å². The fourth-order valence-electron chi connectivity index (χ4n) is 2.95. The van der Waals surface area contributed by atoms with Gasteiger partial charge < -0.3 is 14.6 Å². The van der Waals surface area contributed by atoms with E-state index in [-0.39, 0.29) is 5.91 Å². The summed E-state index contributed by atoms with van der Waals surface area (Å²) in [5, 5.41) is 9.08. The minimum absolute atomic E-state index is 0.111. The number of aromatic nitrogens is 4. The summed E-state index contributed by atoms with van der Waals surface area (Å²) in [4.78, 5) is 17.7. The zero-order chi connectivity index (χ0) is 18.6. The van der Waals surface area contributed by atoms with Crippen molar-refractivity contribution in [1.29, 1.82) is 0 Å². The second-order valence-corrected chi connectivity index (χ2v) is 6.96. The van der Waals surface area contributed by atoms with Crippen LogP contribution in [0, 0.1) is 0 Å². The number of rotatable bonds is 7. The number of carbonyl (C=O) groups is 1. The van der Waals surface area contributed by atoms with Crippen LogP contribution >= 0.6 is 11.3 Å².